The van der Waals surface area contributed by atoms with E-state index in [0.717, 1.165) is 7.11 Å². The first kappa shape index (κ1) is 16.0. The van der Waals surface area contributed by atoms with Gasteiger partial charge in [-0.15, -0.1) is 13.2 Å². The number of nitrogens with zero attached hydrogens (tertiary/aromatic N) is 1. The number of alkyl halides is 3. The standard InChI is InChI=1S/C10H10F3IN2O3/c1-18-7(17)3-5-2-6(4-15)8(14)16-9(5)19-10(11,12)13/h2H,3-4,15H2,1H3. The van der Waals surface area contributed by atoms with Crippen LogP contribution in [0.15, 0.2) is 6.07 Å². The molecule has 0 spiro atoms. The zero-order valence-corrected chi connectivity index (χ0v) is 11.9. The third-order valence-electron chi connectivity index (χ3n) is 2.08. The number of nitrogens with two attached hydrogens (primary N) is 1. The number of aromatic nitrogens is 1. The van der Waals surface area contributed by atoms with Crippen LogP contribution < -0.4 is 10.5 Å². The lowest BCUT2D eigenvalue weighted by atomic mass is 10.1. The third-order valence-corrected chi connectivity index (χ3v) is 3.02. The molecule has 0 aliphatic carbocycles. The Labute approximate surface area is 120 Å². The Hall–Kier alpha value is -1.10. The Morgan fingerprint density at radius 1 is 1.47 bits per heavy atom. The van der Waals surface area contributed by atoms with Crippen LogP contribution >= 0.6 is 22.6 Å². The van der Waals surface area contributed by atoms with Gasteiger partial charge in [0.1, 0.15) is 3.70 Å². The van der Waals surface area contributed by atoms with Gasteiger partial charge in [-0.1, -0.05) is 0 Å². The summed E-state index contributed by atoms with van der Waals surface area (Å²) >= 11 is 1.74. The molecule has 5 nitrogen and oxygen atoms in total. The Balaban J connectivity index is 3.18. The van der Waals surface area contributed by atoms with Gasteiger partial charge in [0.2, 0.25) is 5.88 Å². The molecule has 0 aliphatic rings. The molecule has 2 N–H and O–H groups in total. The molecule has 0 unspecified atom stereocenters. The summed E-state index contributed by atoms with van der Waals surface area (Å²) in [6.45, 7) is 0.0890. The highest BCUT2D eigenvalue weighted by Crippen LogP contribution is 2.27. The number of carbonyl (C=O) groups excluding carboxylic acids is 1. The van der Waals surface area contributed by atoms with Crippen molar-refractivity contribution in [1.82, 2.24) is 4.98 Å². The van der Waals surface area contributed by atoms with Gasteiger partial charge in [-0.2, -0.15) is 0 Å². The number of hydrogen-bond acceptors (Lipinski definition) is 5. The number of hydrogen-bond donors (Lipinski definition) is 1. The van der Waals surface area contributed by atoms with E-state index in [1.165, 1.54) is 6.07 Å². The third kappa shape index (κ3) is 4.82. The lowest BCUT2D eigenvalue weighted by Crippen LogP contribution is -2.21. The number of halogens is 4. The molecular formula is C10H10F3IN2O3. The van der Waals surface area contributed by atoms with Gasteiger partial charge >= 0.3 is 12.3 Å². The summed E-state index contributed by atoms with van der Waals surface area (Å²) in [4.78, 5) is 14.8. The van der Waals surface area contributed by atoms with Crippen LogP contribution in [-0.4, -0.2) is 24.4 Å². The van der Waals surface area contributed by atoms with Crippen molar-refractivity contribution in [2.75, 3.05) is 7.11 Å². The van der Waals surface area contributed by atoms with Crippen LogP contribution in [0.5, 0.6) is 5.88 Å². The molecule has 0 bridgehead atoms. The Kier molecular flexibility index (Phi) is 5.35. The molecule has 0 saturated heterocycles. The molecule has 0 fully saturated rings. The highest BCUT2D eigenvalue weighted by Gasteiger charge is 2.33. The first-order valence-corrected chi connectivity index (χ1v) is 6.05. The van der Waals surface area contributed by atoms with Crippen molar-refractivity contribution in [1.29, 1.82) is 0 Å². The number of methoxy groups -OCH3 is 1. The molecule has 19 heavy (non-hydrogen) atoms. The number of pyridine rings is 1. The number of esters is 1. The Morgan fingerprint density at radius 3 is 2.58 bits per heavy atom. The minimum atomic E-state index is -4.88. The van der Waals surface area contributed by atoms with E-state index >= 15 is 0 Å². The normalized spacial score (nSPS) is 11.3. The molecule has 9 heteroatoms. The van der Waals surface area contributed by atoms with Crippen LogP contribution in [0, 0.1) is 3.70 Å². The SMILES string of the molecule is COC(=O)Cc1cc(CN)c(I)nc1OC(F)(F)F. The zero-order chi connectivity index (χ0) is 14.6. The summed E-state index contributed by atoms with van der Waals surface area (Å²) in [6.07, 6.45) is -5.26. The molecule has 1 aromatic heterocycles. The maximum Gasteiger partial charge on any atom is 0.574 e. The van der Waals surface area contributed by atoms with Crippen LogP contribution in [0.25, 0.3) is 0 Å². The van der Waals surface area contributed by atoms with Crippen molar-refractivity contribution in [3.05, 3.63) is 20.9 Å². The van der Waals surface area contributed by atoms with Gasteiger partial charge in [-0.25, -0.2) is 4.98 Å². The average Bonchev–Trinajstić information content (AvgIpc) is 2.30. The van der Waals surface area contributed by atoms with Crippen LogP contribution in [-0.2, 0) is 22.5 Å². The predicted molar refractivity (Wildman–Crippen MR) is 67.2 cm³/mol. The van der Waals surface area contributed by atoms with Crippen LogP contribution in [0.2, 0.25) is 0 Å². The Bertz CT molecular complexity index is 480. The summed E-state index contributed by atoms with van der Waals surface area (Å²) in [5.41, 5.74) is 5.94. The summed E-state index contributed by atoms with van der Waals surface area (Å²) in [6, 6.07) is 1.35. The first-order valence-electron chi connectivity index (χ1n) is 4.97. The van der Waals surface area contributed by atoms with Crippen LogP contribution in [0.3, 0.4) is 0 Å². The van der Waals surface area contributed by atoms with E-state index in [4.69, 9.17) is 5.73 Å². The fraction of sp³-hybridized carbons (Fsp3) is 0.400. The summed E-state index contributed by atoms with van der Waals surface area (Å²) in [5.74, 6) is -1.36. The fourth-order valence-electron chi connectivity index (χ4n) is 1.26. The van der Waals surface area contributed by atoms with E-state index in [1.807, 2.05) is 0 Å². The zero-order valence-electron chi connectivity index (χ0n) is 9.75. The van der Waals surface area contributed by atoms with E-state index in [0.29, 0.717) is 5.56 Å². The highest BCUT2D eigenvalue weighted by molar-refractivity contribution is 14.1. The van der Waals surface area contributed by atoms with Crippen molar-refractivity contribution in [3.63, 3.8) is 0 Å². The molecule has 1 rings (SSSR count). The number of ether oxygens (including phenoxy) is 2. The van der Waals surface area contributed by atoms with Crippen molar-refractivity contribution in [2.24, 2.45) is 5.73 Å². The average molecular weight is 390 g/mol. The Morgan fingerprint density at radius 2 is 2.11 bits per heavy atom. The molecule has 1 aromatic rings. The molecular weight excluding hydrogens is 380 g/mol. The second kappa shape index (κ2) is 6.37. The molecule has 0 aliphatic heterocycles. The number of carbonyl (C=O) groups is 1. The van der Waals surface area contributed by atoms with E-state index in [9.17, 15) is 18.0 Å². The van der Waals surface area contributed by atoms with Gasteiger partial charge < -0.3 is 15.2 Å². The summed E-state index contributed by atoms with van der Waals surface area (Å²) in [5, 5.41) is 0. The predicted octanol–water partition coefficient (Wildman–Crippen LogP) is 1.76. The quantitative estimate of drug-likeness (QED) is 0.482. The van der Waals surface area contributed by atoms with Crippen LogP contribution in [0.1, 0.15) is 11.1 Å². The second-order valence-electron chi connectivity index (χ2n) is 3.41. The molecule has 0 atom stereocenters. The van der Waals surface area contributed by atoms with Crippen LogP contribution in [0.4, 0.5) is 13.2 Å². The smallest absolute Gasteiger partial charge is 0.469 e. The largest absolute Gasteiger partial charge is 0.574 e. The molecule has 106 valence electrons. The topological polar surface area (TPSA) is 74.4 Å². The van der Waals surface area contributed by atoms with Gasteiger partial charge in [0.05, 0.1) is 13.5 Å². The van der Waals surface area contributed by atoms with E-state index in [1.54, 1.807) is 22.6 Å². The molecule has 0 radical (unpaired) electrons. The van der Waals surface area contributed by atoms with E-state index in [-0.39, 0.29) is 22.2 Å². The summed E-state index contributed by atoms with van der Waals surface area (Å²) < 4.78 is 45.2. The van der Waals surface area contributed by atoms with Gasteiger partial charge in [0.25, 0.3) is 0 Å². The minimum absolute atomic E-state index is 0.0231. The molecule has 1 heterocycles. The van der Waals surface area contributed by atoms with Gasteiger partial charge in [0.15, 0.2) is 0 Å². The first-order chi connectivity index (χ1) is 8.76. The monoisotopic (exact) mass is 390 g/mol. The van der Waals surface area contributed by atoms with Crippen molar-refractivity contribution in [2.45, 2.75) is 19.3 Å². The minimum Gasteiger partial charge on any atom is -0.469 e. The fourth-order valence-corrected chi connectivity index (χ4v) is 1.85. The molecule has 0 saturated carbocycles. The maximum atomic E-state index is 12.2. The number of rotatable bonds is 4. The van der Waals surface area contributed by atoms with Gasteiger partial charge in [-0.3, -0.25) is 4.79 Å². The van der Waals surface area contributed by atoms with E-state index in [2.05, 4.69) is 14.5 Å². The molecule has 0 aromatic carbocycles. The lowest BCUT2D eigenvalue weighted by Gasteiger charge is -2.13. The van der Waals surface area contributed by atoms with Crippen molar-refractivity contribution < 1.29 is 27.4 Å². The van der Waals surface area contributed by atoms with Crippen molar-refractivity contribution in [3.8, 4) is 5.88 Å². The highest BCUT2D eigenvalue weighted by atomic mass is 127. The maximum absolute atomic E-state index is 12.2. The second-order valence-corrected chi connectivity index (χ2v) is 4.43. The summed E-state index contributed by atoms with van der Waals surface area (Å²) in [7, 11) is 1.14. The lowest BCUT2D eigenvalue weighted by molar-refractivity contribution is -0.276. The van der Waals surface area contributed by atoms with Gasteiger partial charge in [-0.05, 0) is 34.2 Å². The van der Waals surface area contributed by atoms with Crippen molar-refractivity contribution >= 4 is 28.6 Å². The van der Waals surface area contributed by atoms with Gasteiger partial charge in [0, 0.05) is 12.1 Å². The van der Waals surface area contributed by atoms with E-state index < -0.39 is 18.2 Å². The molecule has 0 amide bonds.